The number of hydrogen-bond acceptors (Lipinski definition) is 12. The molecule has 0 aliphatic carbocycles. The molecule has 3 aromatic rings. The van der Waals surface area contributed by atoms with E-state index < -0.39 is 11.9 Å². The number of ether oxygens (including phenoxy) is 6. The third kappa shape index (κ3) is 16.2. The number of fused-ring (bicyclic) bond motifs is 3. The van der Waals surface area contributed by atoms with Gasteiger partial charge >= 0.3 is 17.9 Å². The van der Waals surface area contributed by atoms with Gasteiger partial charge in [-0.25, -0.2) is 14.8 Å². The van der Waals surface area contributed by atoms with Gasteiger partial charge < -0.3 is 38.3 Å². The first-order chi connectivity index (χ1) is 25.5. The smallest absolute Gasteiger partial charge is 0.332 e. The maximum atomic E-state index is 12.9. The second-order valence-electron chi connectivity index (χ2n) is 13.9. The van der Waals surface area contributed by atoms with Crippen LogP contribution in [0.4, 0.5) is 5.82 Å². The largest absolute Gasteiger partial charge is 0.464 e. The van der Waals surface area contributed by atoms with Crippen molar-refractivity contribution in [2.45, 2.75) is 106 Å². The van der Waals surface area contributed by atoms with Crippen molar-refractivity contribution in [1.29, 1.82) is 0 Å². The van der Waals surface area contributed by atoms with E-state index >= 15 is 0 Å². The van der Waals surface area contributed by atoms with Gasteiger partial charge in [0.1, 0.15) is 44.4 Å². The Kier molecular flexibility index (Phi) is 19.2. The Morgan fingerprint density at radius 2 is 1.38 bits per heavy atom. The molecule has 53 heavy (non-hydrogen) atoms. The summed E-state index contributed by atoms with van der Waals surface area (Å²) < 4.78 is 34.0. The SMILES string of the molecule is CCCCCCC(=O)OCCOCCOC(=O)CCCCCOC(=O)COCC(=O)Nc1nc2ccccc2c2c1nc(COCC)n2CC(C)(C)C. The van der Waals surface area contributed by atoms with Crippen LogP contribution < -0.4 is 5.32 Å². The summed E-state index contributed by atoms with van der Waals surface area (Å²) in [7, 11) is 0. The number of nitrogens with zero attached hydrogens (tertiary/aromatic N) is 3. The molecular formula is C39H58N4O10. The Morgan fingerprint density at radius 3 is 2.04 bits per heavy atom. The molecule has 0 saturated heterocycles. The van der Waals surface area contributed by atoms with E-state index in [2.05, 4.69) is 37.6 Å². The van der Waals surface area contributed by atoms with Crippen molar-refractivity contribution in [2.75, 3.05) is 58.2 Å². The van der Waals surface area contributed by atoms with Crippen LogP contribution in [0.1, 0.15) is 98.2 Å². The zero-order valence-electron chi connectivity index (χ0n) is 32.2. The quantitative estimate of drug-likeness (QED) is 0.0555. The van der Waals surface area contributed by atoms with Gasteiger partial charge in [0, 0.05) is 31.4 Å². The lowest BCUT2D eigenvalue weighted by Gasteiger charge is -2.21. The third-order valence-corrected chi connectivity index (χ3v) is 7.95. The van der Waals surface area contributed by atoms with E-state index in [-0.39, 0.29) is 70.0 Å². The summed E-state index contributed by atoms with van der Waals surface area (Å²) in [6.45, 7) is 12.2. The number of benzene rings is 1. The van der Waals surface area contributed by atoms with Crippen molar-refractivity contribution in [3.05, 3.63) is 30.1 Å². The Labute approximate surface area is 312 Å². The summed E-state index contributed by atoms with van der Waals surface area (Å²) in [5, 5.41) is 3.73. The molecule has 2 heterocycles. The van der Waals surface area contributed by atoms with Crippen molar-refractivity contribution in [1.82, 2.24) is 14.5 Å². The molecule has 0 radical (unpaired) electrons. The highest BCUT2D eigenvalue weighted by molar-refractivity contribution is 6.09. The average Bonchev–Trinajstić information content (AvgIpc) is 3.47. The first-order valence-corrected chi connectivity index (χ1v) is 18.8. The van der Waals surface area contributed by atoms with Crippen molar-refractivity contribution in [2.24, 2.45) is 5.41 Å². The molecular weight excluding hydrogens is 684 g/mol. The number of unbranched alkanes of at least 4 members (excludes halogenated alkanes) is 5. The van der Waals surface area contributed by atoms with Gasteiger partial charge in [-0.2, -0.15) is 0 Å². The lowest BCUT2D eigenvalue weighted by Crippen LogP contribution is -2.22. The van der Waals surface area contributed by atoms with Crippen LogP contribution in [0.15, 0.2) is 24.3 Å². The number of rotatable bonds is 26. The first-order valence-electron chi connectivity index (χ1n) is 18.8. The Balaban J connectivity index is 1.31. The summed E-state index contributed by atoms with van der Waals surface area (Å²) in [4.78, 5) is 58.2. The molecule has 1 amide bonds. The molecule has 1 aromatic carbocycles. The molecule has 0 unspecified atom stereocenters. The van der Waals surface area contributed by atoms with Gasteiger partial charge in [-0.05, 0) is 44.1 Å². The Hall–Kier alpha value is -4.14. The highest BCUT2D eigenvalue weighted by atomic mass is 16.6. The van der Waals surface area contributed by atoms with E-state index in [4.69, 9.17) is 38.4 Å². The minimum Gasteiger partial charge on any atom is -0.464 e. The zero-order valence-corrected chi connectivity index (χ0v) is 32.2. The van der Waals surface area contributed by atoms with Gasteiger partial charge in [-0.3, -0.25) is 14.4 Å². The van der Waals surface area contributed by atoms with Gasteiger partial charge in [0.25, 0.3) is 5.91 Å². The molecule has 294 valence electrons. The number of carbonyl (C=O) groups excluding carboxylic acids is 4. The Bertz CT molecular complexity index is 1600. The normalized spacial score (nSPS) is 11.6. The molecule has 0 spiro atoms. The molecule has 0 aliphatic rings. The summed E-state index contributed by atoms with van der Waals surface area (Å²) in [5.41, 5.74) is 2.07. The molecule has 14 nitrogen and oxygen atoms in total. The molecule has 14 heteroatoms. The number of imidazole rings is 1. The highest BCUT2D eigenvalue weighted by Gasteiger charge is 2.23. The van der Waals surface area contributed by atoms with Gasteiger partial charge in [0.2, 0.25) is 0 Å². The molecule has 0 atom stereocenters. The number of amides is 1. The van der Waals surface area contributed by atoms with Crippen LogP contribution in [0, 0.1) is 5.41 Å². The monoisotopic (exact) mass is 742 g/mol. The molecule has 2 aromatic heterocycles. The van der Waals surface area contributed by atoms with Crippen molar-refractivity contribution in [3.63, 3.8) is 0 Å². The second-order valence-corrected chi connectivity index (χ2v) is 13.9. The molecule has 0 saturated carbocycles. The summed E-state index contributed by atoms with van der Waals surface area (Å²) >= 11 is 0. The lowest BCUT2D eigenvalue weighted by molar-refractivity contribution is -0.150. The Morgan fingerprint density at radius 1 is 0.717 bits per heavy atom. The number of aromatic nitrogens is 3. The number of esters is 3. The number of nitrogens with one attached hydrogen (secondary N) is 1. The van der Waals surface area contributed by atoms with E-state index in [0.717, 1.165) is 42.4 Å². The van der Waals surface area contributed by atoms with Crippen LogP contribution in [0.25, 0.3) is 21.9 Å². The van der Waals surface area contributed by atoms with Gasteiger partial charge in [-0.1, -0.05) is 65.2 Å². The predicted molar refractivity (Wildman–Crippen MR) is 200 cm³/mol. The predicted octanol–water partition coefficient (Wildman–Crippen LogP) is 6.30. The fourth-order valence-electron chi connectivity index (χ4n) is 5.46. The molecule has 1 N–H and O–H groups in total. The zero-order chi connectivity index (χ0) is 38.5. The second kappa shape index (κ2) is 23.5. The van der Waals surface area contributed by atoms with E-state index in [1.54, 1.807) is 0 Å². The first kappa shape index (κ1) is 43.3. The van der Waals surface area contributed by atoms with Crippen LogP contribution >= 0.6 is 0 Å². The summed E-state index contributed by atoms with van der Waals surface area (Å²) in [6, 6.07) is 7.72. The summed E-state index contributed by atoms with van der Waals surface area (Å²) in [5.74, 6) is -0.575. The van der Waals surface area contributed by atoms with E-state index in [1.165, 1.54) is 0 Å². The van der Waals surface area contributed by atoms with Crippen molar-refractivity contribution < 1.29 is 47.6 Å². The minimum atomic E-state index is -0.591. The fraction of sp³-hybridized carbons (Fsp3) is 0.641. The highest BCUT2D eigenvalue weighted by Crippen LogP contribution is 2.32. The fourth-order valence-corrected chi connectivity index (χ4v) is 5.46. The van der Waals surface area contributed by atoms with Crippen molar-refractivity contribution >= 4 is 51.6 Å². The van der Waals surface area contributed by atoms with E-state index in [1.807, 2.05) is 31.2 Å². The number of para-hydroxylation sites is 1. The minimum absolute atomic E-state index is 0.0516. The number of hydrogen-bond donors (Lipinski definition) is 1. The van der Waals surface area contributed by atoms with Crippen LogP contribution in [-0.4, -0.2) is 91.2 Å². The average molecular weight is 743 g/mol. The topological polar surface area (TPSA) is 166 Å². The third-order valence-electron chi connectivity index (χ3n) is 7.95. The van der Waals surface area contributed by atoms with Crippen molar-refractivity contribution in [3.8, 4) is 0 Å². The molecule has 0 fully saturated rings. The lowest BCUT2D eigenvalue weighted by atomic mass is 9.96. The van der Waals surface area contributed by atoms with Gasteiger partial charge in [-0.15, -0.1) is 0 Å². The molecule has 3 rings (SSSR count). The van der Waals surface area contributed by atoms with Gasteiger partial charge in [0.15, 0.2) is 5.82 Å². The number of carbonyl (C=O) groups is 4. The molecule has 0 aliphatic heterocycles. The van der Waals surface area contributed by atoms with E-state index in [9.17, 15) is 19.2 Å². The number of pyridine rings is 1. The number of anilines is 1. The van der Waals surface area contributed by atoms with Crippen LogP contribution in [-0.2, 0) is 60.8 Å². The molecule has 0 bridgehead atoms. The van der Waals surface area contributed by atoms with Crippen LogP contribution in [0.2, 0.25) is 0 Å². The maximum Gasteiger partial charge on any atom is 0.332 e. The van der Waals surface area contributed by atoms with E-state index in [0.29, 0.717) is 62.3 Å². The van der Waals surface area contributed by atoms with Gasteiger partial charge in [0.05, 0.1) is 30.9 Å². The summed E-state index contributed by atoms with van der Waals surface area (Å²) in [6.07, 6.45) is 6.58. The van der Waals surface area contributed by atoms with Crippen LogP contribution in [0.3, 0.4) is 0 Å². The standard InChI is InChI=1S/C39H58N4O10/c1-6-8-9-11-18-33(45)52-23-21-49-22-24-53-34(46)19-12-10-15-20-51-35(47)27-50-26-32(44)42-38-36-37(29-16-13-14-17-30(29)40-38)43(28-39(3,4)5)31(41-36)25-48-7-2/h13-14,16-17H,6-12,15,18-28H2,1-5H3,(H,40,42,44). The van der Waals surface area contributed by atoms with Crippen LogP contribution in [0.5, 0.6) is 0 Å². The maximum absolute atomic E-state index is 12.9.